The molecule has 0 aliphatic heterocycles. The molecule has 94 valence electrons. The minimum atomic E-state index is -0.198. The predicted molar refractivity (Wildman–Crippen MR) is 60.9 cm³/mol. The molecule has 0 spiro atoms. The number of hydrogen-bond donors (Lipinski definition) is 0. The van der Waals surface area contributed by atoms with Gasteiger partial charge >= 0.3 is 11.9 Å². The van der Waals surface area contributed by atoms with Gasteiger partial charge in [-0.05, 0) is 26.2 Å². The van der Waals surface area contributed by atoms with Gasteiger partial charge in [0.15, 0.2) is 0 Å². The molecule has 0 heterocycles. The molecule has 0 saturated carbocycles. The van der Waals surface area contributed by atoms with Crippen molar-refractivity contribution in [1.29, 1.82) is 0 Å². The summed E-state index contributed by atoms with van der Waals surface area (Å²) in [7, 11) is 0. The molecule has 0 saturated heterocycles. The summed E-state index contributed by atoms with van der Waals surface area (Å²) in [6, 6.07) is 0. The molecule has 0 aliphatic rings. The van der Waals surface area contributed by atoms with Crippen LogP contribution in [0.4, 0.5) is 0 Å². The third kappa shape index (κ3) is 7.26. The van der Waals surface area contributed by atoms with Gasteiger partial charge < -0.3 is 9.47 Å². The Morgan fingerprint density at radius 1 is 1.19 bits per heavy atom. The Bertz CT molecular complexity index is 213. The molecule has 0 aliphatic carbocycles. The molecule has 4 nitrogen and oxygen atoms in total. The number of ether oxygens (including phenoxy) is 2. The van der Waals surface area contributed by atoms with E-state index in [1.807, 2.05) is 13.8 Å². The lowest BCUT2D eigenvalue weighted by molar-refractivity contribution is -0.149. The number of rotatable bonds is 8. The predicted octanol–water partition coefficient (Wildman–Crippen LogP) is 2.31. The number of carbonyl (C=O) groups is 2. The van der Waals surface area contributed by atoms with Crippen LogP contribution in [0.3, 0.4) is 0 Å². The zero-order valence-electron chi connectivity index (χ0n) is 10.5. The monoisotopic (exact) mass is 230 g/mol. The molecule has 1 unspecified atom stereocenters. The van der Waals surface area contributed by atoms with Gasteiger partial charge in [-0.15, -0.1) is 0 Å². The van der Waals surface area contributed by atoms with Crippen molar-refractivity contribution in [3.63, 3.8) is 0 Å². The first kappa shape index (κ1) is 14.9. The molecule has 0 aromatic carbocycles. The van der Waals surface area contributed by atoms with Crippen molar-refractivity contribution >= 4 is 11.9 Å². The zero-order valence-corrected chi connectivity index (χ0v) is 10.5. The number of hydrogen-bond acceptors (Lipinski definition) is 4. The van der Waals surface area contributed by atoms with E-state index in [0.717, 1.165) is 6.42 Å². The summed E-state index contributed by atoms with van der Waals surface area (Å²) in [5, 5.41) is 0. The van der Waals surface area contributed by atoms with Crippen molar-refractivity contribution in [2.45, 2.75) is 46.5 Å². The fourth-order valence-corrected chi connectivity index (χ4v) is 1.25. The molecular formula is C12H22O4. The normalized spacial score (nSPS) is 11.9. The quantitative estimate of drug-likeness (QED) is 0.600. The molecule has 0 aromatic heterocycles. The summed E-state index contributed by atoms with van der Waals surface area (Å²) in [5.41, 5.74) is 0. The van der Waals surface area contributed by atoms with E-state index in [4.69, 9.17) is 9.47 Å². The van der Waals surface area contributed by atoms with Crippen LogP contribution in [0.25, 0.3) is 0 Å². The minimum Gasteiger partial charge on any atom is -0.466 e. The molecule has 0 fully saturated rings. The Hall–Kier alpha value is -1.06. The first-order valence-electron chi connectivity index (χ1n) is 5.94. The van der Waals surface area contributed by atoms with Gasteiger partial charge in [-0.2, -0.15) is 0 Å². The van der Waals surface area contributed by atoms with E-state index in [1.165, 1.54) is 0 Å². The highest BCUT2D eigenvalue weighted by atomic mass is 16.5. The molecule has 0 rings (SSSR count). The minimum absolute atomic E-state index is 0.138. The van der Waals surface area contributed by atoms with Gasteiger partial charge in [0.05, 0.1) is 19.1 Å². The van der Waals surface area contributed by atoms with Gasteiger partial charge in [0, 0.05) is 6.42 Å². The molecule has 1 atom stereocenters. The van der Waals surface area contributed by atoms with Crippen LogP contribution in [0.5, 0.6) is 0 Å². The Morgan fingerprint density at radius 3 is 2.44 bits per heavy atom. The molecular weight excluding hydrogens is 208 g/mol. The van der Waals surface area contributed by atoms with Crippen molar-refractivity contribution in [3.8, 4) is 0 Å². The maximum atomic E-state index is 11.4. The molecule has 0 radical (unpaired) electrons. The molecule has 4 heteroatoms. The lowest BCUT2D eigenvalue weighted by Crippen LogP contribution is -2.15. The number of esters is 2. The molecule has 0 bridgehead atoms. The third-order valence-corrected chi connectivity index (χ3v) is 2.17. The number of carbonyl (C=O) groups excluding carboxylic acids is 2. The summed E-state index contributed by atoms with van der Waals surface area (Å²) in [6.07, 6.45) is 2.54. The van der Waals surface area contributed by atoms with Gasteiger partial charge in [0.1, 0.15) is 0 Å². The average molecular weight is 230 g/mol. The van der Waals surface area contributed by atoms with Crippen molar-refractivity contribution in [3.05, 3.63) is 0 Å². The topological polar surface area (TPSA) is 52.6 Å². The highest BCUT2D eigenvalue weighted by Crippen LogP contribution is 2.10. The summed E-state index contributed by atoms with van der Waals surface area (Å²) in [5.74, 6) is -0.511. The van der Waals surface area contributed by atoms with Gasteiger partial charge in [-0.25, -0.2) is 0 Å². The molecule has 0 amide bonds. The Morgan fingerprint density at radius 2 is 1.88 bits per heavy atom. The van der Waals surface area contributed by atoms with Crippen molar-refractivity contribution in [2.75, 3.05) is 13.2 Å². The summed E-state index contributed by atoms with van der Waals surface area (Å²) in [4.78, 5) is 22.4. The van der Waals surface area contributed by atoms with Gasteiger partial charge in [0.2, 0.25) is 0 Å². The average Bonchev–Trinajstić information content (AvgIpc) is 2.26. The van der Waals surface area contributed by atoms with Crippen molar-refractivity contribution in [2.24, 2.45) is 5.92 Å². The van der Waals surface area contributed by atoms with Crippen LogP contribution < -0.4 is 0 Å². The van der Waals surface area contributed by atoms with Crippen molar-refractivity contribution in [1.82, 2.24) is 0 Å². The van der Waals surface area contributed by atoms with Gasteiger partial charge in [-0.1, -0.05) is 13.8 Å². The Balaban J connectivity index is 3.60. The smallest absolute Gasteiger partial charge is 0.308 e. The Kier molecular flexibility index (Phi) is 8.58. The summed E-state index contributed by atoms with van der Waals surface area (Å²) < 4.78 is 9.80. The SMILES string of the molecule is CCCOC(=O)C(C)CCCC(=O)OCC. The largest absolute Gasteiger partial charge is 0.466 e. The van der Waals surface area contributed by atoms with E-state index in [-0.39, 0.29) is 17.9 Å². The first-order valence-corrected chi connectivity index (χ1v) is 5.94. The lowest BCUT2D eigenvalue weighted by atomic mass is 10.0. The van der Waals surface area contributed by atoms with Crippen LogP contribution in [0.15, 0.2) is 0 Å². The second kappa shape index (κ2) is 9.19. The molecule has 0 aromatic rings. The zero-order chi connectivity index (χ0) is 12.4. The van der Waals surface area contributed by atoms with Gasteiger partial charge in [-0.3, -0.25) is 9.59 Å². The van der Waals surface area contributed by atoms with Crippen LogP contribution in [0, 0.1) is 5.92 Å². The van der Waals surface area contributed by atoms with Crippen molar-refractivity contribution < 1.29 is 19.1 Å². The fraction of sp³-hybridized carbons (Fsp3) is 0.833. The first-order chi connectivity index (χ1) is 7.61. The Labute approximate surface area is 97.3 Å². The van der Waals surface area contributed by atoms with E-state index in [2.05, 4.69) is 0 Å². The second-order valence-corrected chi connectivity index (χ2v) is 3.77. The maximum Gasteiger partial charge on any atom is 0.308 e. The fourth-order valence-electron chi connectivity index (χ4n) is 1.25. The molecule has 0 N–H and O–H groups in total. The van der Waals surface area contributed by atoms with Crippen LogP contribution in [-0.4, -0.2) is 25.2 Å². The maximum absolute atomic E-state index is 11.4. The highest BCUT2D eigenvalue weighted by Gasteiger charge is 2.14. The summed E-state index contributed by atoms with van der Waals surface area (Å²) in [6.45, 7) is 6.44. The van der Waals surface area contributed by atoms with E-state index in [9.17, 15) is 9.59 Å². The van der Waals surface area contributed by atoms with Gasteiger partial charge in [0.25, 0.3) is 0 Å². The van der Waals surface area contributed by atoms with Crippen LogP contribution in [0.1, 0.15) is 46.5 Å². The highest BCUT2D eigenvalue weighted by molar-refractivity contribution is 5.72. The van der Waals surface area contributed by atoms with Crippen LogP contribution in [0.2, 0.25) is 0 Å². The molecule has 16 heavy (non-hydrogen) atoms. The van der Waals surface area contributed by atoms with E-state index < -0.39 is 0 Å². The third-order valence-electron chi connectivity index (χ3n) is 2.17. The summed E-state index contributed by atoms with van der Waals surface area (Å²) >= 11 is 0. The van der Waals surface area contributed by atoms with Crippen LogP contribution >= 0.6 is 0 Å². The second-order valence-electron chi connectivity index (χ2n) is 3.77. The van der Waals surface area contributed by atoms with E-state index >= 15 is 0 Å². The lowest BCUT2D eigenvalue weighted by Gasteiger charge is -2.10. The van der Waals surface area contributed by atoms with Crippen LogP contribution in [-0.2, 0) is 19.1 Å². The standard InChI is InChI=1S/C12H22O4/c1-4-9-16-12(14)10(3)7-6-8-11(13)15-5-2/h10H,4-9H2,1-3H3. The van der Waals surface area contributed by atoms with E-state index in [0.29, 0.717) is 32.5 Å². The van der Waals surface area contributed by atoms with E-state index in [1.54, 1.807) is 6.92 Å².